The first-order chi connectivity index (χ1) is 14.7. The van der Waals surface area contributed by atoms with Gasteiger partial charge in [0, 0.05) is 58.3 Å². The number of piperazine rings is 1. The molecule has 0 saturated carbocycles. The highest BCUT2D eigenvalue weighted by atomic mass is 19.4. The molecule has 0 radical (unpaired) electrons. The Kier molecular flexibility index (Phi) is 7.46. The zero-order chi connectivity index (χ0) is 22.5. The highest BCUT2D eigenvalue weighted by Gasteiger charge is 2.37. The van der Waals surface area contributed by atoms with Crippen LogP contribution in [-0.4, -0.2) is 74.1 Å². The van der Waals surface area contributed by atoms with Gasteiger partial charge in [0.25, 0.3) is 0 Å². The lowest BCUT2D eigenvalue weighted by atomic mass is 9.74. The minimum atomic E-state index is -4.38. The van der Waals surface area contributed by atoms with Gasteiger partial charge in [-0.05, 0) is 31.4 Å². The van der Waals surface area contributed by atoms with E-state index in [2.05, 4.69) is 10.2 Å². The van der Waals surface area contributed by atoms with Crippen molar-refractivity contribution in [3.8, 4) is 0 Å². The molecule has 172 valence electrons. The average Bonchev–Trinajstić information content (AvgIpc) is 2.77. The van der Waals surface area contributed by atoms with E-state index in [1.807, 2.05) is 11.8 Å². The zero-order valence-corrected chi connectivity index (χ0v) is 18.2. The summed E-state index contributed by atoms with van der Waals surface area (Å²) in [6.07, 6.45) is -3.14. The minimum Gasteiger partial charge on any atom is -0.381 e. The first-order valence-electron chi connectivity index (χ1n) is 10.8. The Balaban J connectivity index is 1.84. The van der Waals surface area contributed by atoms with Crippen LogP contribution in [0.15, 0.2) is 29.3 Å². The maximum atomic E-state index is 13.3. The standard InChI is InChI=1S/C22H31F3N4O2/c1-3-26-20(29-11-9-28(10-12-29)17(2)30)27-16-21(7-13-31-14-8-21)18-5-4-6-19(15-18)22(23,24)25/h4-6,15H,3,7-14,16H2,1-2H3,(H,26,27). The lowest BCUT2D eigenvalue weighted by Gasteiger charge is -2.39. The van der Waals surface area contributed by atoms with Gasteiger partial charge in [0.1, 0.15) is 0 Å². The van der Waals surface area contributed by atoms with Crippen molar-refractivity contribution in [2.75, 3.05) is 52.5 Å². The summed E-state index contributed by atoms with van der Waals surface area (Å²) in [5.74, 6) is 0.802. The predicted octanol–water partition coefficient (Wildman–Crippen LogP) is 2.88. The molecule has 1 aromatic rings. The maximum absolute atomic E-state index is 13.3. The highest BCUT2D eigenvalue weighted by molar-refractivity contribution is 5.80. The van der Waals surface area contributed by atoms with Crippen LogP contribution in [0.4, 0.5) is 13.2 Å². The number of halogens is 3. The Morgan fingerprint density at radius 3 is 2.39 bits per heavy atom. The van der Waals surface area contributed by atoms with Crippen molar-refractivity contribution in [1.82, 2.24) is 15.1 Å². The number of guanidine groups is 1. The molecule has 0 atom stereocenters. The molecule has 1 N–H and O–H groups in total. The molecule has 0 bridgehead atoms. The molecule has 0 aromatic heterocycles. The molecule has 1 amide bonds. The molecule has 0 unspecified atom stereocenters. The third kappa shape index (κ3) is 5.70. The summed E-state index contributed by atoms with van der Waals surface area (Å²) in [6.45, 7) is 8.23. The Bertz CT molecular complexity index is 783. The van der Waals surface area contributed by atoms with Gasteiger partial charge in [0.2, 0.25) is 5.91 Å². The fraction of sp³-hybridized carbons (Fsp3) is 0.636. The zero-order valence-electron chi connectivity index (χ0n) is 18.2. The first kappa shape index (κ1) is 23.4. The monoisotopic (exact) mass is 440 g/mol. The maximum Gasteiger partial charge on any atom is 0.416 e. The van der Waals surface area contributed by atoms with Gasteiger partial charge in [-0.25, -0.2) is 0 Å². The fourth-order valence-electron chi connectivity index (χ4n) is 4.21. The van der Waals surface area contributed by atoms with Crippen molar-refractivity contribution in [2.45, 2.75) is 38.3 Å². The Labute approximate surface area is 181 Å². The van der Waals surface area contributed by atoms with Crippen molar-refractivity contribution < 1.29 is 22.7 Å². The van der Waals surface area contributed by atoms with E-state index in [9.17, 15) is 18.0 Å². The molecule has 3 rings (SSSR count). The molecule has 2 heterocycles. The van der Waals surface area contributed by atoms with Gasteiger partial charge in [-0.1, -0.05) is 18.2 Å². The molecule has 2 saturated heterocycles. The molecule has 1 aromatic carbocycles. The number of carbonyl (C=O) groups is 1. The van der Waals surface area contributed by atoms with E-state index in [0.29, 0.717) is 70.9 Å². The first-order valence-corrected chi connectivity index (χ1v) is 10.8. The van der Waals surface area contributed by atoms with Crippen LogP contribution in [0.1, 0.15) is 37.8 Å². The van der Waals surface area contributed by atoms with Gasteiger partial charge in [0.05, 0.1) is 12.1 Å². The molecule has 31 heavy (non-hydrogen) atoms. The summed E-state index contributed by atoms with van der Waals surface area (Å²) in [6, 6.07) is 5.62. The summed E-state index contributed by atoms with van der Waals surface area (Å²) < 4.78 is 45.4. The Hall–Kier alpha value is -2.29. The molecule has 9 heteroatoms. The third-order valence-electron chi connectivity index (χ3n) is 6.14. The van der Waals surface area contributed by atoms with E-state index in [1.54, 1.807) is 13.0 Å². The van der Waals surface area contributed by atoms with Gasteiger partial charge in [0.15, 0.2) is 5.96 Å². The highest BCUT2D eigenvalue weighted by Crippen LogP contribution is 2.38. The van der Waals surface area contributed by atoms with E-state index in [1.165, 1.54) is 12.1 Å². The number of hydrogen-bond donors (Lipinski definition) is 1. The van der Waals surface area contributed by atoms with E-state index in [4.69, 9.17) is 9.73 Å². The fourth-order valence-corrected chi connectivity index (χ4v) is 4.21. The molecule has 0 spiro atoms. The van der Waals surface area contributed by atoms with Crippen LogP contribution in [0.3, 0.4) is 0 Å². The number of nitrogens with one attached hydrogen (secondary N) is 1. The smallest absolute Gasteiger partial charge is 0.381 e. The normalized spacial score (nSPS) is 20.0. The summed E-state index contributed by atoms with van der Waals surface area (Å²) >= 11 is 0. The topological polar surface area (TPSA) is 57.2 Å². The lowest BCUT2D eigenvalue weighted by Crippen LogP contribution is -2.53. The van der Waals surface area contributed by atoms with E-state index in [-0.39, 0.29) is 5.91 Å². The number of amides is 1. The number of carbonyl (C=O) groups excluding carboxylic acids is 1. The number of nitrogens with zero attached hydrogens (tertiary/aromatic N) is 3. The largest absolute Gasteiger partial charge is 0.416 e. The van der Waals surface area contributed by atoms with Crippen LogP contribution in [0.5, 0.6) is 0 Å². The lowest BCUT2D eigenvalue weighted by molar-refractivity contribution is -0.137. The van der Waals surface area contributed by atoms with Gasteiger partial charge in [-0.2, -0.15) is 13.2 Å². The summed E-state index contributed by atoms with van der Waals surface area (Å²) in [5.41, 5.74) is -0.472. The second-order valence-corrected chi connectivity index (χ2v) is 8.13. The van der Waals surface area contributed by atoms with Gasteiger partial charge >= 0.3 is 6.18 Å². The SMILES string of the molecule is CCNC(=NCC1(c2cccc(C(F)(F)F)c2)CCOCC1)N1CCN(C(C)=O)CC1. The van der Waals surface area contributed by atoms with E-state index >= 15 is 0 Å². The minimum absolute atomic E-state index is 0.0623. The molecule has 2 fully saturated rings. The Morgan fingerprint density at radius 2 is 1.81 bits per heavy atom. The van der Waals surface area contributed by atoms with Gasteiger partial charge in [-0.15, -0.1) is 0 Å². The number of hydrogen-bond acceptors (Lipinski definition) is 3. The number of alkyl halides is 3. The van der Waals surface area contributed by atoms with Crippen LogP contribution in [-0.2, 0) is 21.1 Å². The molecule has 6 nitrogen and oxygen atoms in total. The van der Waals surface area contributed by atoms with Crippen LogP contribution in [0.2, 0.25) is 0 Å². The second kappa shape index (κ2) is 9.89. The van der Waals surface area contributed by atoms with E-state index < -0.39 is 17.2 Å². The quantitative estimate of drug-likeness (QED) is 0.578. The molecule has 2 aliphatic heterocycles. The van der Waals surface area contributed by atoms with Crippen molar-refractivity contribution >= 4 is 11.9 Å². The van der Waals surface area contributed by atoms with Crippen LogP contribution >= 0.6 is 0 Å². The predicted molar refractivity (Wildman–Crippen MR) is 113 cm³/mol. The number of ether oxygens (including phenoxy) is 1. The summed E-state index contributed by atoms with van der Waals surface area (Å²) in [7, 11) is 0. The van der Waals surface area contributed by atoms with Crippen molar-refractivity contribution in [2.24, 2.45) is 4.99 Å². The number of rotatable bonds is 4. The number of benzene rings is 1. The molecule has 0 aliphatic carbocycles. The van der Waals surface area contributed by atoms with Crippen molar-refractivity contribution in [3.63, 3.8) is 0 Å². The van der Waals surface area contributed by atoms with Crippen molar-refractivity contribution in [1.29, 1.82) is 0 Å². The Morgan fingerprint density at radius 1 is 1.16 bits per heavy atom. The van der Waals surface area contributed by atoms with Gasteiger partial charge in [-0.3, -0.25) is 9.79 Å². The van der Waals surface area contributed by atoms with Crippen LogP contribution in [0.25, 0.3) is 0 Å². The van der Waals surface area contributed by atoms with Crippen LogP contribution in [0, 0.1) is 0 Å². The van der Waals surface area contributed by atoms with E-state index in [0.717, 1.165) is 12.0 Å². The average molecular weight is 441 g/mol. The second-order valence-electron chi connectivity index (χ2n) is 8.13. The number of aliphatic imine (C=N–C) groups is 1. The molecular formula is C22H31F3N4O2. The third-order valence-corrected chi connectivity index (χ3v) is 6.14. The molecular weight excluding hydrogens is 409 g/mol. The van der Waals surface area contributed by atoms with Crippen molar-refractivity contribution in [3.05, 3.63) is 35.4 Å². The summed E-state index contributed by atoms with van der Waals surface area (Å²) in [5, 5.41) is 3.30. The molecule has 2 aliphatic rings. The van der Waals surface area contributed by atoms with Crippen LogP contribution < -0.4 is 5.32 Å². The van der Waals surface area contributed by atoms with Gasteiger partial charge < -0.3 is 19.9 Å². The summed E-state index contributed by atoms with van der Waals surface area (Å²) in [4.78, 5) is 20.4.